The van der Waals surface area contributed by atoms with Crippen molar-refractivity contribution in [3.05, 3.63) is 52.2 Å². The van der Waals surface area contributed by atoms with E-state index in [-0.39, 0.29) is 24.5 Å². The van der Waals surface area contributed by atoms with E-state index in [4.69, 9.17) is 9.47 Å². The Hall–Kier alpha value is -2.87. The van der Waals surface area contributed by atoms with Gasteiger partial charge in [-0.1, -0.05) is 24.3 Å². The van der Waals surface area contributed by atoms with Gasteiger partial charge in [-0.25, -0.2) is 0 Å². The Morgan fingerprint density at radius 1 is 1.23 bits per heavy atom. The van der Waals surface area contributed by atoms with Crippen LogP contribution in [0, 0.1) is 5.92 Å². The number of esters is 1. The number of benzene rings is 1. The lowest BCUT2D eigenvalue weighted by Crippen LogP contribution is -2.43. The second-order valence-corrected chi connectivity index (χ2v) is 8.15. The summed E-state index contributed by atoms with van der Waals surface area (Å²) in [7, 11) is 1.58. The predicted octanol–water partition coefficient (Wildman–Crippen LogP) is 3.03. The number of carbonyl (C=O) groups is 3. The summed E-state index contributed by atoms with van der Waals surface area (Å²) in [6.45, 7) is 2.42. The molecule has 2 atom stereocenters. The highest BCUT2D eigenvalue weighted by molar-refractivity contribution is 7.12. The second-order valence-electron chi connectivity index (χ2n) is 7.21. The van der Waals surface area contributed by atoms with Crippen LogP contribution in [-0.4, -0.2) is 49.5 Å². The molecule has 1 aliphatic heterocycles. The number of thiophene rings is 1. The smallest absolute Gasteiger partial charge is 0.311 e. The maximum absolute atomic E-state index is 12.5. The summed E-state index contributed by atoms with van der Waals surface area (Å²) in [6.07, 6.45) is 1.38. The number of nitrogens with one attached hydrogen (secondary N) is 1. The van der Waals surface area contributed by atoms with Crippen molar-refractivity contribution in [2.75, 3.05) is 26.8 Å². The van der Waals surface area contributed by atoms with Crippen molar-refractivity contribution in [2.45, 2.75) is 25.8 Å². The molecule has 1 aromatic carbocycles. The van der Waals surface area contributed by atoms with E-state index in [1.54, 1.807) is 18.1 Å². The van der Waals surface area contributed by atoms with E-state index in [9.17, 15) is 14.4 Å². The number of hydrogen-bond donors (Lipinski definition) is 1. The van der Waals surface area contributed by atoms with E-state index in [0.717, 1.165) is 12.0 Å². The van der Waals surface area contributed by atoms with Gasteiger partial charge in [-0.15, -0.1) is 11.3 Å². The average molecular weight is 431 g/mol. The molecule has 1 aromatic heterocycles. The van der Waals surface area contributed by atoms with Gasteiger partial charge < -0.3 is 19.7 Å². The monoisotopic (exact) mass is 430 g/mol. The Bertz CT molecular complexity index is 883. The summed E-state index contributed by atoms with van der Waals surface area (Å²) in [5, 5.41) is 4.67. The van der Waals surface area contributed by atoms with Crippen LogP contribution in [0.3, 0.4) is 0 Å². The average Bonchev–Trinajstić information content (AvgIpc) is 3.32. The number of hydrogen-bond acceptors (Lipinski definition) is 6. The number of amides is 2. The highest BCUT2D eigenvalue weighted by Crippen LogP contribution is 2.24. The first-order valence-corrected chi connectivity index (χ1v) is 10.8. The number of rotatable bonds is 7. The quantitative estimate of drug-likeness (QED) is 0.683. The Kier molecular flexibility index (Phi) is 7.46. The van der Waals surface area contributed by atoms with Gasteiger partial charge in [0.15, 0.2) is 6.61 Å². The highest BCUT2D eigenvalue weighted by atomic mass is 32.1. The zero-order chi connectivity index (χ0) is 21.5. The molecule has 1 fully saturated rings. The zero-order valence-corrected chi connectivity index (χ0v) is 17.9. The number of carbonyl (C=O) groups excluding carboxylic acids is 3. The van der Waals surface area contributed by atoms with Crippen LogP contribution in [0.15, 0.2) is 41.8 Å². The van der Waals surface area contributed by atoms with Gasteiger partial charge in [-0.2, -0.15) is 0 Å². The first kappa shape index (κ1) is 21.8. The zero-order valence-electron chi connectivity index (χ0n) is 17.1. The summed E-state index contributed by atoms with van der Waals surface area (Å²) in [6, 6.07) is 10.7. The Morgan fingerprint density at radius 2 is 2.03 bits per heavy atom. The predicted molar refractivity (Wildman–Crippen MR) is 113 cm³/mol. The van der Waals surface area contributed by atoms with Crippen LogP contribution < -0.4 is 10.1 Å². The van der Waals surface area contributed by atoms with Gasteiger partial charge in [0, 0.05) is 18.7 Å². The Balaban J connectivity index is 1.48. The van der Waals surface area contributed by atoms with E-state index in [0.29, 0.717) is 30.1 Å². The second kappa shape index (κ2) is 10.2. The molecular weight excluding hydrogens is 404 g/mol. The largest absolute Gasteiger partial charge is 0.496 e. The summed E-state index contributed by atoms with van der Waals surface area (Å²) in [4.78, 5) is 39.6. The molecule has 0 spiro atoms. The molecule has 2 amide bonds. The molecule has 0 aliphatic carbocycles. The molecule has 2 aromatic rings. The molecule has 0 radical (unpaired) electrons. The lowest BCUT2D eigenvalue weighted by Gasteiger charge is -2.31. The third-order valence-electron chi connectivity index (χ3n) is 5.10. The third kappa shape index (κ3) is 5.38. The van der Waals surface area contributed by atoms with Gasteiger partial charge in [0.25, 0.3) is 11.8 Å². The highest BCUT2D eigenvalue weighted by Gasteiger charge is 2.30. The van der Waals surface area contributed by atoms with Gasteiger partial charge in [0.2, 0.25) is 0 Å². The number of nitrogens with zero attached hydrogens (tertiary/aromatic N) is 1. The third-order valence-corrected chi connectivity index (χ3v) is 5.96. The van der Waals surface area contributed by atoms with Crippen molar-refractivity contribution < 1.29 is 23.9 Å². The summed E-state index contributed by atoms with van der Waals surface area (Å²) in [5.41, 5.74) is 0.842. The summed E-state index contributed by atoms with van der Waals surface area (Å²) >= 11 is 1.39. The van der Waals surface area contributed by atoms with E-state index in [1.165, 1.54) is 11.3 Å². The van der Waals surface area contributed by atoms with Crippen molar-refractivity contribution in [2.24, 2.45) is 5.92 Å². The van der Waals surface area contributed by atoms with Crippen LogP contribution in [0.25, 0.3) is 0 Å². The molecule has 1 saturated heterocycles. The molecule has 2 heterocycles. The van der Waals surface area contributed by atoms with E-state index in [1.807, 2.05) is 42.6 Å². The van der Waals surface area contributed by atoms with E-state index in [2.05, 4.69) is 5.32 Å². The van der Waals surface area contributed by atoms with Crippen LogP contribution in [0.2, 0.25) is 0 Å². The van der Waals surface area contributed by atoms with Gasteiger partial charge in [-0.05, 0) is 37.3 Å². The molecule has 2 unspecified atom stereocenters. The van der Waals surface area contributed by atoms with Crippen molar-refractivity contribution >= 4 is 29.1 Å². The number of para-hydroxylation sites is 1. The number of piperidine rings is 1. The van der Waals surface area contributed by atoms with Gasteiger partial charge in [-0.3, -0.25) is 14.4 Å². The molecule has 3 rings (SSSR count). The SMILES string of the molecule is COc1ccccc1C(C)NC(=O)COC(=O)C1CCCN(C(=O)c2cccs2)C1. The van der Waals surface area contributed by atoms with Gasteiger partial charge in [0.05, 0.1) is 23.9 Å². The van der Waals surface area contributed by atoms with Gasteiger partial charge in [0.1, 0.15) is 5.75 Å². The maximum Gasteiger partial charge on any atom is 0.311 e. The number of ether oxygens (including phenoxy) is 2. The van der Waals surface area contributed by atoms with Crippen LogP contribution in [-0.2, 0) is 14.3 Å². The van der Waals surface area contributed by atoms with Crippen LogP contribution in [0.5, 0.6) is 5.75 Å². The van der Waals surface area contributed by atoms with E-state index < -0.39 is 11.9 Å². The fourth-order valence-electron chi connectivity index (χ4n) is 3.55. The first-order chi connectivity index (χ1) is 14.5. The topological polar surface area (TPSA) is 84.9 Å². The molecular formula is C22H26N2O5S. The van der Waals surface area contributed by atoms with Crippen LogP contribution in [0.1, 0.15) is 41.0 Å². The fraction of sp³-hybridized carbons (Fsp3) is 0.409. The molecule has 1 aliphatic rings. The fourth-order valence-corrected chi connectivity index (χ4v) is 4.24. The van der Waals surface area contributed by atoms with E-state index >= 15 is 0 Å². The molecule has 7 nitrogen and oxygen atoms in total. The minimum absolute atomic E-state index is 0.0640. The lowest BCUT2D eigenvalue weighted by molar-refractivity contribution is -0.154. The molecule has 8 heteroatoms. The Morgan fingerprint density at radius 3 is 2.77 bits per heavy atom. The summed E-state index contributed by atoms with van der Waals surface area (Å²) < 4.78 is 10.6. The maximum atomic E-state index is 12.5. The minimum Gasteiger partial charge on any atom is -0.496 e. The molecule has 30 heavy (non-hydrogen) atoms. The minimum atomic E-state index is -0.446. The van der Waals surface area contributed by atoms with Gasteiger partial charge >= 0.3 is 5.97 Å². The molecule has 1 N–H and O–H groups in total. The summed E-state index contributed by atoms with van der Waals surface area (Å²) in [5.74, 6) is -0.629. The molecule has 0 bridgehead atoms. The van der Waals surface area contributed by atoms with Crippen molar-refractivity contribution in [1.82, 2.24) is 10.2 Å². The first-order valence-electron chi connectivity index (χ1n) is 9.91. The van der Waals surface area contributed by atoms with Crippen LogP contribution in [0.4, 0.5) is 0 Å². The van der Waals surface area contributed by atoms with Crippen molar-refractivity contribution in [1.29, 1.82) is 0 Å². The van der Waals surface area contributed by atoms with Crippen molar-refractivity contribution in [3.8, 4) is 5.75 Å². The standard InChI is InChI=1S/C22H26N2O5S/c1-15(17-8-3-4-9-18(17)28-2)23-20(25)14-29-22(27)16-7-5-11-24(13-16)21(26)19-10-6-12-30-19/h3-4,6,8-10,12,15-16H,5,7,11,13-14H2,1-2H3,(H,23,25). The normalized spacial score (nSPS) is 17.1. The van der Waals surface area contributed by atoms with Crippen LogP contribution >= 0.6 is 11.3 Å². The number of methoxy groups -OCH3 is 1. The van der Waals surface area contributed by atoms with Crippen molar-refractivity contribution in [3.63, 3.8) is 0 Å². The Labute approximate surface area is 180 Å². The molecule has 160 valence electrons. The number of likely N-dealkylation sites (tertiary alicyclic amines) is 1. The molecule has 0 saturated carbocycles. The lowest BCUT2D eigenvalue weighted by atomic mass is 9.98.